The van der Waals surface area contributed by atoms with Gasteiger partial charge in [0.25, 0.3) is 0 Å². The van der Waals surface area contributed by atoms with Crippen molar-refractivity contribution in [3.05, 3.63) is 23.8 Å². The third-order valence-corrected chi connectivity index (χ3v) is 6.05. The number of hydrogen-bond donors (Lipinski definition) is 0. The fourth-order valence-electron chi connectivity index (χ4n) is 4.25. The number of fused-ring (bicyclic) bond motifs is 1. The number of unbranched alkanes of at least 4 members (excludes halogenated alkanes) is 7. The number of aryl methyl sites for hydroxylation is 1. The number of hydrogen-bond acceptors (Lipinski definition) is 3. The molecule has 1 aliphatic heterocycles. The minimum absolute atomic E-state index is 0.993. The largest absolute Gasteiger partial charge is 0.497 e. The number of anilines is 1. The second kappa shape index (κ2) is 13.0. The third kappa shape index (κ3) is 7.73. The molecule has 0 aliphatic carbocycles. The van der Waals surface area contributed by atoms with Crippen molar-refractivity contribution in [2.75, 3.05) is 44.7 Å². The Morgan fingerprint density at radius 3 is 2.26 bits per heavy atom. The fraction of sp³-hybridized carbons (Fsp3) is 0.750. The number of nitrogens with zero attached hydrogens (tertiary/aromatic N) is 2. The molecule has 0 bridgehead atoms. The molecule has 0 aromatic heterocycles. The van der Waals surface area contributed by atoms with Crippen molar-refractivity contribution in [2.45, 2.75) is 78.1 Å². The predicted molar refractivity (Wildman–Crippen MR) is 118 cm³/mol. The van der Waals surface area contributed by atoms with Gasteiger partial charge in [-0.15, -0.1) is 0 Å². The van der Waals surface area contributed by atoms with Crippen LogP contribution in [0.2, 0.25) is 0 Å². The van der Waals surface area contributed by atoms with Crippen molar-refractivity contribution >= 4 is 5.69 Å². The van der Waals surface area contributed by atoms with Gasteiger partial charge in [0.2, 0.25) is 0 Å². The SMILES string of the molecule is CCN(CC)CCCCCCCCCCN1CCCc2cc(OC)ccc21. The van der Waals surface area contributed by atoms with E-state index in [2.05, 4.69) is 41.8 Å². The molecule has 0 N–H and O–H groups in total. The topological polar surface area (TPSA) is 15.7 Å². The molecule has 3 nitrogen and oxygen atoms in total. The summed E-state index contributed by atoms with van der Waals surface area (Å²) in [5.41, 5.74) is 2.90. The predicted octanol–water partition coefficient (Wildman–Crippen LogP) is 5.91. The molecule has 0 amide bonds. The fourth-order valence-corrected chi connectivity index (χ4v) is 4.25. The number of rotatable bonds is 14. The molecule has 0 saturated carbocycles. The first-order chi connectivity index (χ1) is 13.3. The maximum atomic E-state index is 5.38. The van der Waals surface area contributed by atoms with E-state index in [9.17, 15) is 0 Å². The first-order valence-electron chi connectivity index (χ1n) is 11.4. The molecule has 0 unspecified atom stereocenters. The van der Waals surface area contributed by atoms with E-state index in [1.807, 2.05) is 0 Å². The van der Waals surface area contributed by atoms with Gasteiger partial charge in [-0.1, -0.05) is 52.4 Å². The Hall–Kier alpha value is -1.22. The van der Waals surface area contributed by atoms with Crippen molar-refractivity contribution in [3.8, 4) is 5.75 Å². The molecule has 0 saturated heterocycles. The van der Waals surface area contributed by atoms with Crippen molar-refractivity contribution in [1.29, 1.82) is 0 Å². The summed E-state index contributed by atoms with van der Waals surface area (Å²) in [6.07, 6.45) is 13.6. The molecule has 2 rings (SSSR count). The van der Waals surface area contributed by atoms with Crippen LogP contribution in [-0.2, 0) is 6.42 Å². The van der Waals surface area contributed by atoms with Gasteiger partial charge in [-0.2, -0.15) is 0 Å². The van der Waals surface area contributed by atoms with Gasteiger partial charge in [-0.05, 0) is 69.1 Å². The number of benzene rings is 1. The Kier molecular flexibility index (Phi) is 10.7. The molecule has 1 heterocycles. The highest BCUT2D eigenvalue weighted by Crippen LogP contribution is 2.30. The maximum Gasteiger partial charge on any atom is 0.119 e. The Morgan fingerprint density at radius 1 is 0.926 bits per heavy atom. The Labute approximate surface area is 168 Å². The first-order valence-corrected chi connectivity index (χ1v) is 11.4. The smallest absolute Gasteiger partial charge is 0.119 e. The summed E-state index contributed by atoms with van der Waals surface area (Å²) < 4.78 is 5.38. The van der Waals surface area contributed by atoms with Crippen LogP contribution in [0.4, 0.5) is 5.69 Å². The molecule has 1 aromatic carbocycles. The van der Waals surface area contributed by atoms with E-state index in [1.54, 1.807) is 7.11 Å². The highest BCUT2D eigenvalue weighted by molar-refractivity contribution is 5.58. The number of methoxy groups -OCH3 is 1. The van der Waals surface area contributed by atoms with Gasteiger partial charge in [0.1, 0.15) is 5.75 Å². The lowest BCUT2D eigenvalue weighted by molar-refractivity contribution is 0.295. The Bertz CT molecular complexity index is 513. The number of ether oxygens (including phenoxy) is 1. The summed E-state index contributed by atoms with van der Waals surface area (Å²) in [4.78, 5) is 5.13. The van der Waals surface area contributed by atoms with Crippen LogP contribution in [0.25, 0.3) is 0 Å². The van der Waals surface area contributed by atoms with Crippen molar-refractivity contribution in [2.24, 2.45) is 0 Å². The van der Waals surface area contributed by atoms with E-state index in [-0.39, 0.29) is 0 Å². The Balaban J connectivity index is 1.52. The van der Waals surface area contributed by atoms with Crippen LogP contribution in [-0.4, -0.2) is 44.7 Å². The highest BCUT2D eigenvalue weighted by atomic mass is 16.5. The molecule has 0 fully saturated rings. The van der Waals surface area contributed by atoms with Gasteiger partial charge in [-0.25, -0.2) is 0 Å². The van der Waals surface area contributed by atoms with E-state index in [1.165, 1.54) is 108 Å². The molecular weight excluding hydrogens is 332 g/mol. The van der Waals surface area contributed by atoms with Gasteiger partial charge in [-0.3, -0.25) is 0 Å². The molecule has 1 aliphatic rings. The van der Waals surface area contributed by atoms with Crippen LogP contribution in [0.3, 0.4) is 0 Å². The van der Waals surface area contributed by atoms with Crippen molar-refractivity contribution in [1.82, 2.24) is 4.90 Å². The molecular formula is C24H42N2O. The van der Waals surface area contributed by atoms with Gasteiger partial charge < -0.3 is 14.5 Å². The van der Waals surface area contributed by atoms with E-state index < -0.39 is 0 Å². The summed E-state index contributed by atoms with van der Waals surface area (Å²) in [5, 5.41) is 0. The monoisotopic (exact) mass is 374 g/mol. The normalized spacial score (nSPS) is 13.9. The van der Waals surface area contributed by atoms with Crippen LogP contribution < -0.4 is 9.64 Å². The molecule has 27 heavy (non-hydrogen) atoms. The first kappa shape index (κ1) is 22.1. The lowest BCUT2D eigenvalue weighted by Gasteiger charge is -2.31. The average Bonchev–Trinajstić information content (AvgIpc) is 2.71. The highest BCUT2D eigenvalue weighted by Gasteiger charge is 2.16. The molecule has 154 valence electrons. The van der Waals surface area contributed by atoms with Crippen molar-refractivity contribution < 1.29 is 4.74 Å². The molecule has 0 radical (unpaired) electrons. The van der Waals surface area contributed by atoms with E-state index in [4.69, 9.17) is 4.74 Å². The molecule has 0 atom stereocenters. The third-order valence-electron chi connectivity index (χ3n) is 6.05. The lowest BCUT2D eigenvalue weighted by atomic mass is 10.0. The van der Waals surface area contributed by atoms with Crippen LogP contribution in [0, 0.1) is 0 Å². The van der Waals surface area contributed by atoms with E-state index in [0.29, 0.717) is 0 Å². The van der Waals surface area contributed by atoms with Crippen LogP contribution in [0.5, 0.6) is 5.75 Å². The van der Waals surface area contributed by atoms with Gasteiger partial charge in [0.15, 0.2) is 0 Å². The Morgan fingerprint density at radius 2 is 1.59 bits per heavy atom. The molecule has 0 spiro atoms. The standard InChI is InChI=1S/C24H42N2O/c1-4-25(5-2)18-12-10-8-6-7-9-11-13-19-26-20-14-15-22-21-23(27-3)16-17-24(22)26/h16-17,21H,4-15,18-20H2,1-3H3. The van der Waals surface area contributed by atoms with Gasteiger partial charge in [0.05, 0.1) is 7.11 Å². The second-order valence-electron chi connectivity index (χ2n) is 7.94. The van der Waals surface area contributed by atoms with E-state index >= 15 is 0 Å². The summed E-state index contributed by atoms with van der Waals surface area (Å²) in [6.45, 7) is 10.6. The molecule has 1 aromatic rings. The summed E-state index contributed by atoms with van der Waals surface area (Å²) >= 11 is 0. The van der Waals surface area contributed by atoms with Crippen molar-refractivity contribution in [3.63, 3.8) is 0 Å². The second-order valence-corrected chi connectivity index (χ2v) is 7.94. The van der Waals surface area contributed by atoms with Crippen LogP contribution >= 0.6 is 0 Å². The summed E-state index contributed by atoms with van der Waals surface area (Å²) in [6, 6.07) is 6.59. The summed E-state index contributed by atoms with van der Waals surface area (Å²) in [5.74, 6) is 0.993. The molecule has 3 heteroatoms. The summed E-state index contributed by atoms with van der Waals surface area (Å²) in [7, 11) is 1.76. The zero-order chi connectivity index (χ0) is 19.3. The minimum atomic E-state index is 0.993. The minimum Gasteiger partial charge on any atom is -0.497 e. The maximum absolute atomic E-state index is 5.38. The quantitative estimate of drug-likeness (QED) is 0.376. The average molecular weight is 375 g/mol. The van der Waals surface area contributed by atoms with Crippen LogP contribution in [0.1, 0.15) is 77.2 Å². The zero-order valence-electron chi connectivity index (χ0n) is 18.1. The zero-order valence-corrected chi connectivity index (χ0v) is 18.1. The lowest BCUT2D eigenvalue weighted by Crippen LogP contribution is -2.30. The van der Waals surface area contributed by atoms with Crippen LogP contribution in [0.15, 0.2) is 18.2 Å². The van der Waals surface area contributed by atoms with Gasteiger partial charge >= 0.3 is 0 Å². The van der Waals surface area contributed by atoms with Gasteiger partial charge in [0, 0.05) is 18.8 Å². The van der Waals surface area contributed by atoms with E-state index in [0.717, 1.165) is 5.75 Å².